The minimum atomic E-state index is -3.93. The van der Waals surface area contributed by atoms with Crippen LogP contribution in [0.3, 0.4) is 0 Å². The molecule has 0 saturated heterocycles. The van der Waals surface area contributed by atoms with Gasteiger partial charge in [0.15, 0.2) is 0 Å². The SMILES string of the molecule is O=C(O)CCCCCCCNC(=O)C(Cn1ccnc1)NS(=O)(=O)c1ccc(Cl)cc1. The Kier molecular flexibility index (Phi) is 9.96. The largest absolute Gasteiger partial charge is 0.481 e. The Morgan fingerprint density at radius 3 is 2.42 bits per heavy atom. The number of carboxylic acids is 1. The molecule has 0 fully saturated rings. The maximum Gasteiger partial charge on any atom is 0.303 e. The molecule has 1 heterocycles. The van der Waals surface area contributed by atoms with Gasteiger partial charge >= 0.3 is 5.97 Å². The highest BCUT2D eigenvalue weighted by Crippen LogP contribution is 2.14. The van der Waals surface area contributed by atoms with E-state index in [1.807, 2.05) is 0 Å². The molecule has 2 aromatic rings. The maximum absolute atomic E-state index is 12.7. The van der Waals surface area contributed by atoms with E-state index in [0.717, 1.165) is 25.7 Å². The number of hydrogen-bond donors (Lipinski definition) is 3. The number of rotatable bonds is 14. The van der Waals surface area contributed by atoms with Crippen LogP contribution in [0.2, 0.25) is 5.02 Å². The van der Waals surface area contributed by atoms with Gasteiger partial charge in [-0.2, -0.15) is 4.72 Å². The number of unbranched alkanes of at least 4 members (excludes halogenated alkanes) is 4. The van der Waals surface area contributed by atoms with Crippen molar-refractivity contribution in [1.82, 2.24) is 19.6 Å². The van der Waals surface area contributed by atoms with Crippen molar-refractivity contribution < 1.29 is 23.1 Å². The van der Waals surface area contributed by atoms with Crippen molar-refractivity contribution in [1.29, 1.82) is 0 Å². The monoisotopic (exact) mass is 470 g/mol. The van der Waals surface area contributed by atoms with Gasteiger partial charge in [0.05, 0.1) is 11.2 Å². The predicted molar refractivity (Wildman–Crippen MR) is 116 cm³/mol. The molecule has 0 saturated carbocycles. The van der Waals surface area contributed by atoms with E-state index in [9.17, 15) is 18.0 Å². The number of nitrogens with one attached hydrogen (secondary N) is 2. The Bertz CT molecular complexity index is 933. The molecule has 11 heteroatoms. The lowest BCUT2D eigenvalue weighted by atomic mass is 10.1. The molecule has 0 aliphatic heterocycles. The Hall–Kier alpha value is -2.43. The average molecular weight is 471 g/mol. The normalized spacial score (nSPS) is 12.4. The van der Waals surface area contributed by atoms with Gasteiger partial charge in [-0.15, -0.1) is 0 Å². The number of sulfonamides is 1. The quantitative estimate of drug-likeness (QED) is 0.363. The zero-order valence-corrected chi connectivity index (χ0v) is 18.6. The van der Waals surface area contributed by atoms with E-state index in [2.05, 4.69) is 15.0 Å². The third-order valence-electron chi connectivity index (χ3n) is 4.56. The molecular weight excluding hydrogens is 444 g/mol. The zero-order valence-electron chi connectivity index (χ0n) is 17.0. The summed E-state index contributed by atoms with van der Waals surface area (Å²) in [5, 5.41) is 11.8. The standard InChI is InChI=1S/C20H27ClN4O5S/c21-16-7-9-17(10-8-16)31(29,30)24-18(14-25-13-12-22-15-25)20(28)23-11-5-3-1-2-4-6-19(26)27/h7-10,12-13,15,18,24H,1-6,11,14H2,(H,23,28)(H,26,27). The third kappa shape index (κ3) is 9.07. The number of carboxylic acid groups (broad SMARTS) is 1. The summed E-state index contributed by atoms with van der Waals surface area (Å²) in [4.78, 5) is 27.1. The van der Waals surface area contributed by atoms with Gasteiger partial charge in [-0.05, 0) is 37.1 Å². The van der Waals surface area contributed by atoms with Crippen molar-refractivity contribution in [2.24, 2.45) is 0 Å². The van der Waals surface area contributed by atoms with Gasteiger partial charge in [-0.1, -0.05) is 30.9 Å². The second-order valence-corrected chi connectivity index (χ2v) is 9.24. The van der Waals surface area contributed by atoms with Gasteiger partial charge in [0, 0.05) is 36.9 Å². The number of carbonyl (C=O) groups excluding carboxylic acids is 1. The van der Waals surface area contributed by atoms with Crippen LogP contribution in [0.1, 0.15) is 38.5 Å². The summed E-state index contributed by atoms with van der Waals surface area (Å²) in [6.07, 6.45) is 8.79. The van der Waals surface area contributed by atoms with Crippen molar-refractivity contribution in [2.75, 3.05) is 6.54 Å². The average Bonchev–Trinajstić information content (AvgIpc) is 3.22. The summed E-state index contributed by atoms with van der Waals surface area (Å²) in [6, 6.07) is 4.67. The summed E-state index contributed by atoms with van der Waals surface area (Å²) >= 11 is 5.82. The van der Waals surface area contributed by atoms with E-state index in [1.54, 1.807) is 17.0 Å². The topological polar surface area (TPSA) is 130 Å². The molecule has 170 valence electrons. The number of benzene rings is 1. The molecule has 0 bridgehead atoms. The number of halogens is 1. The van der Waals surface area contributed by atoms with Crippen LogP contribution in [0.25, 0.3) is 0 Å². The fraction of sp³-hybridized carbons (Fsp3) is 0.450. The fourth-order valence-electron chi connectivity index (χ4n) is 2.91. The van der Waals surface area contributed by atoms with Crippen LogP contribution < -0.4 is 10.0 Å². The van der Waals surface area contributed by atoms with Crippen LogP contribution in [0.5, 0.6) is 0 Å². The molecule has 1 unspecified atom stereocenters. The van der Waals surface area contributed by atoms with Gasteiger partial charge in [0.1, 0.15) is 6.04 Å². The number of hydrogen-bond acceptors (Lipinski definition) is 5. The van der Waals surface area contributed by atoms with Gasteiger partial charge in [0.2, 0.25) is 15.9 Å². The summed E-state index contributed by atoms with van der Waals surface area (Å²) in [5.41, 5.74) is 0. The molecule has 0 aliphatic rings. The van der Waals surface area contributed by atoms with E-state index in [1.165, 1.54) is 30.6 Å². The predicted octanol–water partition coefficient (Wildman–Crippen LogP) is 2.42. The minimum Gasteiger partial charge on any atom is -0.481 e. The molecule has 1 aromatic carbocycles. The first kappa shape index (κ1) is 24.8. The van der Waals surface area contributed by atoms with Gasteiger partial charge < -0.3 is 15.0 Å². The molecule has 0 spiro atoms. The van der Waals surface area contributed by atoms with Crippen LogP contribution in [0, 0.1) is 0 Å². The highest BCUT2D eigenvalue weighted by atomic mass is 35.5. The van der Waals surface area contributed by atoms with Crippen molar-refractivity contribution in [3.05, 3.63) is 48.0 Å². The Balaban J connectivity index is 1.89. The van der Waals surface area contributed by atoms with Crippen LogP contribution in [0.4, 0.5) is 0 Å². The molecule has 1 atom stereocenters. The fourth-order valence-corrected chi connectivity index (χ4v) is 4.23. The first-order chi connectivity index (χ1) is 14.8. The van der Waals surface area contributed by atoms with Crippen molar-refractivity contribution in [3.63, 3.8) is 0 Å². The smallest absolute Gasteiger partial charge is 0.303 e. The molecule has 2 rings (SSSR count). The summed E-state index contributed by atoms with van der Waals surface area (Å²) < 4.78 is 29.5. The first-order valence-electron chi connectivity index (χ1n) is 10.0. The molecular formula is C20H27ClN4O5S. The number of carbonyl (C=O) groups is 2. The number of aliphatic carboxylic acids is 1. The maximum atomic E-state index is 12.7. The minimum absolute atomic E-state index is 0.0155. The molecule has 0 aliphatic carbocycles. The lowest BCUT2D eigenvalue weighted by Gasteiger charge is -2.19. The second kappa shape index (κ2) is 12.4. The number of imidazole rings is 1. The van der Waals surface area contributed by atoms with E-state index >= 15 is 0 Å². The second-order valence-electron chi connectivity index (χ2n) is 7.09. The highest BCUT2D eigenvalue weighted by molar-refractivity contribution is 7.89. The van der Waals surface area contributed by atoms with E-state index < -0.39 is 27.9 Å². The van der Waals surface area contributed by atoms with E-state index in [-0.39, 0.29) is 17.9 Å². The molecule has 1 amide bonds. The summed E-state index contributed by atoms with van der Waals surface area (Å²) in [7, 11) is -3.93. The van der Waals surface area contributed by atoms with Crippen molar-refractivity contribution >= 4 is 33.5 Å². The van der Waals surface area contributed by atoms with E-state index in [4.69, 9.17) is 16.7 Å². The highest BCUT2D eigenvalue weighted by Gasteiger charge is 2.26. The van der Waals surface area contributed by atoms with Gasteiger partial charge in [-0.25, -0.2) is 13.4 Å². The van der Waals surface area contributed by atoms with Crippen LogP contribution >= 0.6 is 11.6 Å². The van der Waals surface area contributed by atoms with Crippen LogP contribution in [-0.4, -0.2) is 47.5 Å². The third-order valence-corrected chi connectivity index (χ3v) is 6.30. The van der Waals surface area contributed by atoms with Crippen molar-refractivity contribution in [2.45, 2.75) is 56.0 Å². The summed E-state index contributed by atoms with van der Waals surface area (Å²) in [5.74, 6) is -1.23. The number of amides is 1. The van der Waals surface area contributed by atoms with Crippen LogP contribution in [-0.2, 0) is 26.2 Å². The molecule has 1 aromatic heterocycles. The lowest BCUT2D eigenvalue weighted by molar-refractivity contribution is -0.137. The number of aromatic nitrogens is 2. The number of nitrogens with zero attached hydrogens (tertiary/aromatic N) is 2. The Morgan fingerprint density at radius 1 is 1.10 bits per heavy atom. The molecule has 9 nitrogen and oxygen atoms in total. The van der Waals surface area contributed by atoms with Crippen molar-refractivity contribution in [3.8, 4) is 0 Å². The zero-order chi connectivity index (χ0) is 22.7. The summed E-state index contributed by atoms with van der Waals surface area (Å²) in [6.45, 7) is 0.495. The van der Waals surface area contributed by atoms with Gasteiger partial charge in [-0.3, -0.25) is 9.59 Å². The Labute approximate surface area is 186 Å². The molecule has 0 radical (unpaired) electrons. The van der Waals surface area contributed by atoms with Crippen LogP contribution in [0.15, 0.2) is 47.9 Å². The molecule has 3 N–H and O–H groups in total. The molecule has 31 heavy (non-hydrogen) atoms. The first-order valence-corrected chi connectivity index (χ1v) is 11.9. The van der Waals surface area contributed by atoms with E-state index in [0.29, 0.717) is 18.0 Å². The van der Waals surface area contributed by atoms with Gasteiger partial charge in [0.25, 0.3) is 0 Å². The Morgan fingerprint density at radius 2 is 1.77 bits per heavy atom. The lowest BCUT2D eigenvalue weighted by Crippen LogP contribution is -2.49.